The minimum Gasteiger partial charge on any atom is -0.444 e. The number of ether oxygens (including phenoxy) is 2. The summed E-state index contributed by atoms with van der Waals surface area (Å²) in [6.07, 6.45) is 1.56. The standard InChI is InChI=1S/C28H43N5O6Si/c1-28(2,3)39-26(36)30-20-14-19(15-20)29-18-8-9-21-23(16-18)31(4)27(37)33(21)22-10-11-24(34)32(25(22)35)17-38-12-13-40(5,6)7/h8-9,16,19-20,22,29H,10-15,17H2,1-7H3,(H,30,36). The van der Waals surface area contributed by atoms with Crippen LogP contribution in [0.4, 0.5) is 10.5 Å². The third kappa shape index (κ3) is 6.95. The van der Waals surface area contributed by atoms with E-state index >= 15 is 0 Å². The highest BCUT2D eigenvalue weighted by Crippen LogP contribution is 2.30. The highest BCUT2D eigenvalue weighted by Gasteiger charge is 2.38. The van der Waals surface area contributed by atoms with Crippen LogP contribution < -0.4 is 16.3 Å². The maximum atomic E-state index is 13.4. The molecule has 0 radical (unpaired) electrons. The number of amides is 3. The van der Waals surface area contributed by atoms with Gasteiger partial charge in [-0.1, -0.05) is 19.6 Å². The van der Waals surface area contributed by atoms with Gasteiger partial charge in [-0.15, -0.1) is 0 Å². The molecule has 2 heterocycles. The minimum atomic E-state index is -1.30. The van der Waals surface area contributed by atoms with E-state index < -0.39 is 31.7 Å². The normalized spacial score (nSPS) is 21.9. The maximum absolute atomic E-state index is 13.4. The summed E-state index contributed by atoms with van der Waals surface area (Å²) in [6, 6.07) is 6.03. The van der Waals surface area contributed by atoms with Crippen molar-refractivity contribution in [1.82, 2.24) is 19.4 Å². The van der Waals surface area contributed by atoms with Crippen LogP contribution in [0.25, 0.3) is 11.0 Å². The number of hydrogen-bond acceptors (Lipinski definition) is 7. The lowest BCUT2D eigenvalue weighted by molar-refractivity contribution is -0.157. The third-order valence-electron chi connectivity index (χ3n) is 7.33. The number of imide groups is 1. The largest absolute Gasteiger partial charge is 0.444 e. The Labute approximate surface area is 236 Å². The minimum absolute atomic E-state index is 0.0454. The monoisotopic (exact) mass is 573 g/mol. The van der Waals surface area contributed by atoms with Crippen LogP contribution in [-0.4, -0.2) is 71.0 Å². The van der Waals surface area contributed by atoms with E-state index in [-0.39, 0.29) is 43.3 Å². The number of likely N-dealkylation sites (tertiary alicyclic amines) is 1. The second-order valence-corrected chi connectivity index (χ2v) is 18.8. The summed E-state index contributed by atoms with van der Waals surface area (Å²) in [7, 11) is 0.385. The SMILES string of the molecule is Cn1c(=O)n(C2CCC(=O)N(COCC[Si](C)(C)C)C2=O)c2ccc(NC3CC(NC(=O)OC(C)(C)C)C3)cc21. The fraction of sp³-hybridized carbons (Fsp3) is 0.643. The van der Waals surface area contributed by atoms with Crippen molar-refractivity contribution in [3.05, 3.63) is 28.7 Å². The Balaban J connectivity index is 1.42. The molecule has 1 unspecified atom stereocenters. The van der Waals surface area contributed by atoms with Crippen molar-refractivity contribution in [2.24, 2.45) is 7.05 Å². The summed E-state index contributed by atoms with van der Waals surface area (Å²) < 4.78 is 14.1. The molecule has 1 saturated carbocycles. The van der Waals surface area contributed by atoms with Gasteiger partial charge in [0.25, 0.3) is 5.91 Å². The van der Waals surface area contributed by atoms with E-state index in [1.54, 1.807) is 7.05 Å². The number of rotatable bonds is 9. The molecule has 4 rings (SSSR count). The number of aromatic nitrogens is 2. The third-order valence-corrected chi connectivity index (χ3v) is 9.04. The van der Waals surface area contributed by atoms with Gasteiger partial charge >= 0.3 is 11.8 Å². The number of hydrogen-bond donors (Lipinski definition) is 2. The fourth-order valence-electron chi connectivity index (χ4n) is 5.05. The van der Waals surface area contributed by atoms with Crippen molar-refractivity contribution in [2.45, 2.75) is 95.9 Å². The van der Waals surface area contributed by atoms with Crippen LogP contribution in [0.15, 0.2) is 23.0 Å². The molecule has 1 aliphatic heterocycles. The summed E-state index contributed by atoms with van der Waals surface area (Å²) >= 11 is 0. The van der Waals surface area contributed by atoms with Gasteiger partial charge < -0.3 is 20.1 Å². The van der Waals surface area contributed by atoms with Crippen LogP contribution in [0.1, 0.15) is 52.5 Å². The number of imidazole rings is 1. The second kappa shape index (κ2) is 11.4. The first-order valence-electron chi connectivity index (χ1n) is 14.0. The van der Waals surface area contributed by atoms with E-state index in [1.165, 1.54) is 9.13 Å². The average molecular weight is 574 g/mol. The van der Waals surface area contributed by atoms with Crippen molar-refractivity contribution in [1.29, 1.82) is 0 Å². The maximum Gasteiger partial charge on any atom is 0.407 e. The molecule has 3 amide bonds. The number of piperidine rings is 1. The number of alkyl carbamates (subject to hydrolysis) is 1. The van der Waals surface area contributed by atoms with Gasteiger partial charge in [-0.3, -0.25) is 23.6 Å². The van der Waals surface area contributed by atoms with Crippen LogP contribution in [0, 0.1) is 0 Å². The zero-order valence-corrected chi connectivity index (χ0v) is 25.7. The molecule has 11 nitrogen and oxygen atoms in total. The lowest BCUT2D eigenvalue weighted by Crippen LogP contribution is -2.50. The molecule has 0 spiro atoms. The van der Waals surface area contributed by atoms with Crippen molar-refractivity contribution >= 4 is 42.7 Å². The van der Waals surface area contributed by atoms with Gasteiger partial charge in [0.15, 0.2) is 0 Å². The van der Waals surface area contributed by atoms with E-state index in [4.69, 9.17) is 9.47 Å². The highest BCUT2D eigenvalue weighted by atomic mass is 28.3. The van der Waals surface area contributed by atoms with Gasteiger partial charge in [0, 0.05) is 45.9 Å². The van der Waals surface area contributed by atoms with Gasteiger partial charge in [-0.25, -0.2) is 9.59 Å². The van der Waals surface area contributed by atoms with E-state index in [1.807, 2.05) is 39.0 Å². The van der Waals surface area contributed by atoms with Crippen molar-refractivity contribution in [3.63, 3.8) is 0 Å². The zero-order chi connectivity index (χ0) is 29.4. The number of nitrogens with one attached hydrogen (secondary N) is 2. The average Bonchev–Trinajstić information content (AvgIpc) is 3.05. The predicted molar refractivity (Wildman–Crippen MR) is 156 cm³/mol. The first-order chi connectivity index (χ1) is 18.6. The number of aryl methyl sites for hydroxylation is 1. The van der Waals surface area contributed by atoms with Crippen LogP contribution in [0.5, 0.6) is 0 Å². The summed E-state index contributed by atoms with van der Waals surface area (Å²) in [4.78, 5) is 52.4. The first-order valence-corrected chi connectivity index (χ1v) is 17.7. The Morgan fingerprint density at radius 2 is 1.77 bits per heavy atom. The Kier molecular flexibility index (Phi) is 8.51. The number of carbonyl (C=O) groups excluding carboxylic acids is 3. The molecule has 40 heavy (non-hydrogen) atoms. The molecule has 2 aromatic rings. The number of anilines is 1. The van der Waals surface area contributed by atoms with Crippen LogP contribution in [-0.2, 0) is 26.1 Å². The summed E-state index contributed by atoms with van der Waals surface area (Å²) in [5.41, 5.74) is 1.35. The van der Waals surface area contributed by atoms with Crippen molar-refractivity contribution < 1.29 is 23.9 Å². The van der Waals surface area contributed by atoms with Gasteiger partial charge in [0.05, 0.1) is 11.0 Å². The molecular formula is C28H43N5O6Si. The molecule has 220 valence electrons. The van der Waals surface area contributed by atoms with E-state index in [0.717, 1.165) is 29.5 Å². The lowest BCUT2D eigenvalue weighted by atomic mass is 9.86. The lowest BCUT2D eigenvalue weighted by Gasteiger charge is -2.37. The second-order valence-electron chi connectivity index (χ2n) is 13.1. The molecule has 1 aliphatic carbocycles. The quantitative estimate of drug-likeness (QED) is 0.266. The Bertz CT molecular complexity index is 1330. The molecule has 1 atom stereocenters. The van der Waals surface area contributed by atoms with Gasteiger partial charge in [-0.2, -0.15) is 0 Å². The Hall–Kier alpha value is -3.12. The fourth-order valence-corrected chi connectivity index (χ4v) is 5.81. The zero-order valence-electron chi connectivity index (χ0n) is 24.7. The van der Waals surface area contributed by atoms with E-state index in [2.05, 4.69) is 30.3 Å². The van der Waals surface area contributed by atoms with Gasteiger partial charge in [-0.05, 0) is 64.3 Å². The molecule has 0 bridgehead atoms. The summed E-state index contributed by atoms with van der Waals surface area (Å²) in [6.45, 7) is 12.6. The number of carbonyl (C=O) groups is 3. The van der Waals surface area contributed by atoms with Gasteiger partial charge in [0.2, 0.25) is 5.91 Å². The van der Waals surface area contributed by atoms with Crippen molar-refractivity contribution in [2.75, 3.05) is 18.7 Å². The Morgan fingerprint density at radius 1 is 1.07 bits per heavy atom. The highest BCUT2D eigenvalue weighted by molar-refractivity contribution is 6.76. The number of fused-ring (bicyclic) bond motifs is 1. The molecule has 1 aromatic heterocycles. The Morgan fingerprint density at radius 3 is 2.42 bits per heavy atom. The van der Waals surface area contributed by atoms with Gasteiger partial charge in [0.1, 0.15) is 18.4 Å². The molecular weight excluding hydrogens is 530 g/mol. The molecule has 2 aliphatic rings. The smallest absolute Gasteiger partial charge is 0.407 e. The van der Waals surface area contributed by atoms with Crippen LogP contribution in [0.3, 0.4) is 0 Å². The van der Waals surface area contributed by atoms with Crippen LogP contribution >= 0.6 is 0 Å². The van der Waals surface area contributed by atoms with E-state index in [0.29, 0.717) is 17.6 Å². The summed E-state index contributed by atoms with van der Waals surface area (Å²) in [5, 5.41) is 6.36. The molecule has 12 heteroatoms. The molecule has 1 saturated heterocycles. The molecule has 2 fully saturated rings. The van der Waals surface area contributed by atoms with Crippen molar-refractivity contribution in [3.8, 4) is 0 Å². The number of nitrogens with zero attached hydrogens (tertiary/aromatic N) is 3. The topological polar surface area (TPSA) is 124 Å². The summed E-state index contributed by atoms with van der Waals surface area (Å²) in [5.74, 6) is -0.673. The molecule has 1 aromatic carbocycles. The predicted octanol–water partition coefficient (Wildman–Crippen LogP) is 3.81. The van der Waals surface area contributed by atoms with Crippen LogP contribution in [0.2, 0.25) is 25.7 Å². The van der Waals surface area contributed by atoms with E-state index in [9.17, 15) is 19.2 Å². The molecule has 2 N–H and O–H groups in total. The number of benzene rings is 1. The first kappa shape index (κ1) is 29.8.